The fourth-order valence-corrected chi connectivity index (χ4v) is 2.48. The highest BCUT2D eigenvalue weighted by atomic mass is 127. The van der Waals surface area contributed by atoms with Gasteiger partial charge in [-0.05, 0) is 23.3 Å². The van der Waals surface area contributed by atoms with E-state index < -0.39 is 0 Å². The largest absolute Gasteiger partial charge is 0.497 e. The molecule has 25 heavy (non-hydrogen) atoms. The third-order valence-corrected chi connectivity index (χ3v) is 4.07. The van der Waals surface area contributed by atoms with Crippen LogP contribution in [0.3, 0.4) is 0 Å². The average molecular weight is 453 g/mol. The van der Waals surface area contributed by atoms with Gasteiger partial charge in [-0.1, -0.05) is 56.3 Å². The van der Waals surface area contributed by atoms with Crippen LogP contribution in [-0.4, -0.2) is 26.7 Å². The van der Waals surface area contributed by atoms with Gasteiger partial charge < -0.3 is 15.4 Å². The molecule has 0 unspecified atom stereocenters. The summed E-state index contributed by atoms with van der Waals surface area (Å²) in [7, 11) is 3.47. The van der Waals surface area contributed by atoms with E-state index >= 15 is 0 Å². The fourth-order valence-electron chi connectivity index (χ4n) is 2.48. The maximum Gasteiger partial charge on any atom is 0.191 e. The standard InChI is InChI=1S/C20H27N3O.HI/c1-20(2,17-10-6-5-7-11-17)15-23-19(21-3)22-14-16-9-8-12-18(13-16)24-4;/h5-13H,14-15H2,1-4H3,(H2,21,22,23);1H. The molecule has 0 saturated heterocycles. The zero-order valence-corrected chi connectivity index (χ0v) is 17.7. The number of hydrogen-bond donors (Lipinski definition) is 2. The molecule has 0 fully saturated rings. The topological polar surface area (TPSA) is 45.7 Å². The Morgan fingerprint density at radius 2 is 1.76 bits per heavy atom. The molecule has 0 heterocycles. The number of nitrogens with zero attached hydrogens (tertiary/aromatic N) is 1. The lowest BCUT2D eigenvalue weighted by Crippen LogP contribution is -2.43. The quantitative estimate of drug-likeness (QED) is 0.396. The summed E-state index contributed by atoms with van der Waals surface area (Å²) in [6, 6.07) is 18.5. The lowest BCUT2D eigenvalue weighted by Gasteiger charge is -2.26. The van der Waals surface area contributed by atoms with Crippen molar-refractivity contribution < 1.29 is 4.74 Å². The number of ether oxygens (including phenoxy) is 1. The van der Waals surface area contributed by atoms with Gasteiger partial charge in [0.05, 0.1) is 7.11 Å². The molecule has 4 nitrogen and oxygen atoms in total. The van der Waals surface area contributed by atoms with Gasteiger partial charge in [0, 0.05) is 25.6 Å². The second kappa shape index (κ2) is 10.3. The highest BCUT2D eigenvalue weighted by Gasteiger charge is 2.20. The van der Waals surface area contributed by atoms with Crippen LogP contribution in [-0.2, 0) is 12.0 Å². The summed E-state index contributed by atoms with van der Waals surface area (Å²) in [4.78, 5) is 4.31. The molecule has 0 aliphatic heterocycles. The van der Waals surface area contributed by atoms with Gasteiger partial charge in [0.2, 0.25) is 0 Å². The van der Waals surface area contributed by atoms with E-state index in [1.54, 1.807) is 14.2 Å². The predicted molar refractivity (Wildman–Crippen MR) is 116 cm³/mol. The smallest absolute Gasteiger partial charge is 0.191 e. The van der Waals surface area contributed by atoms with Crippen molar-refractivity contribution >= 4 is 29.9 Å². The Balaban J connectivity index is 0.00000312. The Labute approximate surface area is 168 Å². The van der Waals surface area contributed by atoms with Crippen molar-refractivity contribution in [2.45, 2.75) is 25.8 Å². The van der Waals surface area contributed by atoms with Crippen molar-refractivity contribution in [3.05, 3.63) is 65.7 Å². The molecule has 136 valence electrons. The normalized spacial score (nSPS) is 11.4. The summed E-state index contributed by atoms with van der Waals surface area (Å²) >= 11 is 0. The Morgan fingerprint density at radius 1 is 1.04 bits per heavy atom. The lowest BCUT2D eigenvalue weighted by atomic mass is 9.85. The van der Waals surface area contributed by atoms with Gasteiger partial charge in [0.15, 0.2) is 5.96 Å². The van der Waals surface area contributed by atoms with Crippen molar-refractivity contribution in [1.29, 1.82) is 0 Å². The molecule has 0 aliphatic carbocycles. The van der Waals surface area contributed by atoms with Gasteiger partial charge in [0.25, 0.3) is 0 Å². The number of guanidine groups is 1. The van der Waals surface area contributed by atoms with E-state index in [9.17, 15) is 0 Å². The molecular weight excluding hydrogens is 425 g/mol. The van der Waals surface area contributed by atoms with Gasteiger partial charge >= 0.3 is 0 Å². The minimum atomic E-state index is 0. The first-order valence-electron chi connectivity index (χ1n) is 8.18. The van der Waals surface area contributed by atoms with Gasteiger partial charge in [-0.3, -0.25) is 4.99 Å². The molecule has 0 saturated carbocycles. The van der Waals surface area contributed by atoms with Crippen LogP contribution in [0.1, 0.15) is 25.0 Å². The first kappa shape index (κ1) is 21.3. The van der Waals surface area contributed by atoms with E-state index in [0.717, 1.165) is 23.8 Å². The van der Waals surface area contributed by atoms with Crippen molar-refractivity contribution in [2.75, 3.05) is 20.7 Å². The molecule has 0 aliphatic rings. The molecule has 0 spiro atoms. The summed E-state index contributed by atoms with van der Waals surface area (Å²) in [6.07, 6.45) is 0. The summed E-state index contributed by atoms with van der Waals surface area (Å²) in [5.74, 6) is 1.66. The summed E-state index contributed by atoms with van der Waals surface area (Å²) in [6.45, 7) is 5.95. The molecule has 0 bridgehead atoms. The zero-order valence-electron chi connectivity index (χ0n) is 15.4. The van der Waals surface area contributed by atoms with Crippen LogP contribution in [0.4, 0.5) is 0 Å². The Kier molecular flexibility index (Phi) is 8.75. The van der Waals surface area contributed by atoms with E-state index in [1.807, 2.05) is 24.3 Å². The second-order valence-corrected chi connectivity index (χ2v) is 6.38. The minimum absolute atomic E-state index is 0. The van der Waals surface area contributed by atoms with E-state index in [1.165, 1.54) is 5.56 Å². The number of methoxy groups -OCH3 is 1. The van der Waals surface area contributed by atoms with E-state index in [-0.39, 0.29) is 29.4 Å². The third kappa shape index (κ3) is 6.57. The van der Waals surface area contributed by atoms with Crippen molar-refractivity contribution in [3.63, 3.8) is 0 Å². The van der Waals surface area contributed by atoms with Gasteiger partial charge in [-0.2, -0.15) is 0 Å². The van der Waals surface area contributed by atoms with Crippen LogP contribution in [0.25, 0.3) is 0 Å². The SMILES string of the molecule is CN=C(NCc1cccc(OC)c1)NCC(C)(C)c1ccccc1.I. The van der Waals surface area contributed by atoms with Crippen LogP contribution in [0, 0.1) is 0 Å². The Bertz CT molecular complexity index is 672. The number of hydrogen-bond acceptors (Lipinski definition) is 2. The number of nitrogens with one attached hydrogen (secondary N) is 2. The molecule has 0 amide bonds. The molecule has 0 atom stereocenters. The van der Waals surface area contributed by atoms with Crippen molar-refractivity contribution in [2.24, 2.45) is 4.99 Å². The maximum atomic E-state index is 5.26. The first-order chi connectivity index (χ1) is 11.5. The molecule has 5 heteroatoms. The molecule has 0 aromatic heterocycles. The average Bonchev–Trinajstić information content (AvgIpc) is 2.62. The fraction of sp³-hybridized carbons (Fsp3) is 0.350. The lowest BCUT2D eigenvalue weighted by molar-refractivity contribution is 0.414. The van der Waals surface area contributed by atoms with Crippen LogP contribution >= 0.6 is 24.0 Å². The third-order valence-electron chi connectivity index (χ3n) is 4.07. The van der Waals surface area contributed by atoms with E-state index in [4.69, 9.17) is 4.74 Å². The first-order valence-corrected chi connectivity index (χ1v) is 8.18. The monoisotopic (exact) mass is 453 g/mol. The highest BCUT2D eigenvalue weighted by Crippen LogP contribution is 2.21. The predicted octanol–water partition coefficient (Wildman–Crippen LogP) is 3.96. The van der Waals surface area contributed by atoms with Crippen molar-refractivity contribution in [1.82, 2.24) is 10.6 Å². The number of aliphatic imine (C=N–C) groups is 1. The van der Waals surface area contributed by atoms with Gasteiger partial charge in [-0.25, -0.2) is 0 Å². The summed E-state index contributed by atoms with van der Waals surface area (Å²) in [5, 5.41) is 6.76. The van der Waals surface area contributed by atoms with E-state index in [0.29, 0.717) is 6.54 Å². The maximum absolute atomic E-state index is 5.26. The van der Waals surface area contributed by atoms with Gasteiger partial charge in [0.1, 0.15) is 5.75 Å². The number of benzene rings is 2. The molecule has 2 rings (SSSR count). The van der Waals surface area contributed by atoms with Crippen molar-refractivity contribution in [3.8, 4) is 5.75 Å². The molecule has 2 aromatic rings. The summed E-state index contributed by atoms with van der Waals surface area (Å²) in [5.41, 5.74) is 2.48. The molecule has 2 N–H and O–H groups in total. The van der Waals surface area contributed by atoms with Gasteiger partial charge in [-0.15, -0.1) is 24.0 Å². The molecular formula is C20H28IN3O. The van der Waals surface area contributed by atoms with Crippen LogP contribution in [0.15, 0.2) is 59.6 Å². The Hall–Kier alpha value is -1.76. The van der Waals surface area contributed by atoms with Crippen LogP contribution in [0.2, 0.25) is 0 Å². The highest BCUT2D eigenvalue weighted by molar-refractivity contribution is 14.0. The second-order valence-electron chi connectivity index (χ2n) is 6.38. The van der Waals surface area contributed by atoms with Crippen LogP contribution in [0.5, 0.6) is 5.75 Å². The minimum Gasteiger partial charge on any atom is -0.497 e. The number of rotatable bonds is 6. The molecule has 2 aromatic carbocycles. The Morgan fingerprint density at radius 3 is 2.40 bits per heavy atom. The van der Waals surface area contributed by atoms with E-state index in [2.05, 4.69) is 59.8 Å². The van der Waals surface area contributed by atoms with Crippen LogP contribution < -0.4 is 15.4 Å². The molecule has 0 radical (unpaired) electrons. The zero-order chi connectivity index (χ0) is 17.4. The number of halogens is 1. The summed E-state index contributed by atoms with van der Waals surface area (Å²) < 4.78 is 5.26.